The van der Waals surface area contributed by atoms with Crippen molar-refractivity contribution >= 4 is 21.8 Å². The van der Waals surface area contributed by atoms with Gasteiger partial charge in [-0.05, 0) is 56.2 Å². The number of nitrogens with one attached hydrogen (secondary N) is 1. The van der Waals surface area contributed by atoms with Crippen molar-refractivity contribution in [3.63, 3.8) is 0 Å². The number of carbonyl (C=O) groups excluding carboxylic acids is 1. The van der Waals surface area contributed by atoms with Crippen LogP contribution in [0.2, 0.25) is 0 Å². The number of ether oxygens (including phenoxy) is 2. The molecule has 1 amide bonds. The van der Waals surface area contributed by atoms with Crippen molar-refractivity contribution in [2.24, 2.45) is 0 Å². The summed E-state index contributed by atoms with van der Waals surface area (Å²) in [5.74, 6) is 0.786. The summed E-state index contributed by atoms with van der Waals surface area (Å²) in [5.41, 5.74) is 2.85. The Bertz CT molecular complexity index is 1040. The Kier molecular flexibility index (Phi) is 7.91. The van der Waals surface area contributed by atoms with E-state index in [1.165, 1.54) is 14.1 Å². The van der Waals surface area contributed by atoms with E-state index in [4.69, 9.17) is 9.47 Å². The monoisotopic (exact) mass is 449 g/mol. The molecule has 1 atom stereocenters. The number of methoxy groups -OCH3 is 2. The number of aryl methyl sites for hydroxylation is 2. The van der Waals surface area contributed by atoms with Crippen LogP contribution in [0.5, 0.6) is 11.5 Å². The number of hydrogen-bond acceptors (Lipinski definition) is 5. The predicted octanol–water partition coefficient (Wildman–Crippen LogP) is 2.81. The van der Waals surface area contributed by atoms with Gasteiger partial charge in [0.2, 0.25) is 5.91 Å². The number of amides is 1. The third kappa shape index (κ3) is 5.68. The average molecular weight is 450 g/mol. The van der Waals surface area contributed by atoms with Crippen LogP contribution in [-0.2, 0) is 15.0 Å². The van der Waals surface area contributed by atoms with Gasteiger partial charge >= 0.3 is 10.2 Å². The third-order valence-electron chi connectivity index (χ3n) is 4.94. The van der Waals surface area contributed by atoms with Gasteiger partial charge < -0.3 is 14.8 Å². The number of benzene rings is 2. The first-order valence-electron chi connectivity index (χ1n) is 9.80. The smallest absolute Gasteiger partial charge is 0.304 e. The van der Waals surface area contributed by atoms with Crippen LogP contribution in [0.4, 0.5) is 5.69 Å². The fraction of sp³-hybridized carbons (Fsp3) is 0.409. The minimum absolute atomic E-state index is 0.360. The summed E-state index contributed by atoms with van der Waals surface area (Å²) in [6.07, 6.45) is 0. The van der Waals surface area contributed by atoms with Crippen LogP contribution in [0.15, 0.2) is 36.4 Å². The number of carbonyl (C=O) groups is 1. The predicted molar refractivity (Wildman–Crippen MR) is 122 cm³/mol. The van der Waals surface area contributed by atoms with E-state index in [1.54, 1.807) is 45.4 Å². The molecule has 0 saturated carbocycles. The van der Waals surface area contributed by atoms with E-state index in [1.807, 2.05) is 26.0 Å². The summed E-state index contributed by atoms with van der Waals surface area (Å²) in [6, 6.07) is 10.4. The molecular weight excluding hydrogens is 418 g/mol. The van der Waals surface area contributed by atoms with Crippen LogP contribution < -0.4 is 19.1 Å². The lowest BCUT2D eigenvalue weighted by molar-refractivity contribution is -0.120. The molecule has 0 aliphatic carbocycles. The molecule has 0 radical (unpaired) electrons. The number of rotatable bonds is 9. The van der Waals surface area contributed by atoms with Gasteiger partial charge in [-0.1, -0.05) is 12.1 Å². The highest BCUT2D eigenvalue weighted by Crippen LogP contribution is 2.30. The number of nitrogens with zero attached hydrogens (tertiary/aromatic N) is 2. The molecule has 0 bridgehead atoms. The third-order valence-corrected chi connectivity index (χ3v) is 6.75. The van der Waals surface area contributed by atoms with E-state index in [9.17, 15) is 13.2 Å². The Hall–Kier alpha value is -2.78. The summed E-state index contributed by atoms with van der Waals surface area (Å²) in [6.45, 7) is 5.13. The average Bonchev–Trinajstić information content (AvgIpc) is 2.73. The largest absolute Gasteiger partial charge is 0.497 e. The first-order chi connectivity index (χ1) is 14.5. The zero-order chi connectivity index (χ0) is 23.3. The van der Waals surface area contributed by atoms with Gasteiger partial charge in [0.1, 0.15) is 18.0 Å². The molecule has 2 aromatic rings. The van der Waals surface area contributed by atoms with Crippen molar-refractivity contribution in [1.29, 1.82) is 0 Å². The van der Waals surface area contributed by atoms with E-state index < -0.39 is 22.2 Å². The molecule has 170 valence electrons. The lowest BCUT2D eigenvalue weighted by Crippen LogP contribution is -2.46. The molecule has 0 aliphatic heterocycles. The van der Waals surface area contributed by atoms with Crippen LogP contribution in [0.3, 0.4) is 0 Å². The molecule has 2 rings (SSSR count). The van der Waals surface area contributed by atoms with Gasteiger partial charge in [-0.3, -0.25) is 4.79 Å². The van der Waals surface area contributed by atoms with Gasteiger partial charge in [0, 0.05) is 19.7 Å². The molecular formula is C22H31N3O5S. The second-order valence-electron chi connectivity index (χ2n) is 7.48. The van der Waals surface area contributed by atoms with Gasteiger partial charge in [0.05, 0.1) is 25.9 Å². The number of hydrogen-bond donors (Lipinski definition) is 1. The molecule has 1 N–H and O–H groups in total. The van der Waals surface area contributed by atoms with Gasteiger partial charge in [-0.15, -0.1) is 0 Å². The minimum Gasteiger partial charge on any atom is -0.497 e. The second-order valence-corrected chi connectivity index (χ2v) is 9.55. The van der Waals surface area contributed by atoms with Gasteiger partial charge in [-0.25, -0.2) is 4.31 Å². The molecule has 0 heterocycles. The topological polar surface area (TPSA) is 88.2 Å². The van der Waals surface area contributed by atoms with Crippen molar-refractivity contribution in [3.8, 4) is 11.5 Å². The van der Waals surface area contributed by atoms with Crippen molar-refractivity contribution in [1.82, 2.24) is 9.62 Å². The van der Waals surface area contributed by atoms with Gasteiger partial charge in [0.15, 0.2) is 0 Å². The van der Waals surface area contributed by atoms with Crippen LogP contribution >= 0.6 is 0 Å². The minimum atomic E-state index is -3.89. The zero-order valence-electron chi connectivity index (χ0n) is 19.1. The zero-order valence-corrected chi connectivity index (χ0v) is 19.9. The molecule has 0 spiro atoms. The summed E-state index contributed by atoms with van der Waals surface area (Å²) in [7, 11) is 2.10. The molecule has 0 unspecified atom stereocenters. The van der Waals surface area contributed by atoms with Crippen LogP contribution in [-0.4, -0.2) is 53.5 Å². The van der Waals surface area contributed by atoms with E-state index >= 15 is 0 Å². The highest BCUT2D eigenvalue weighted by Gasteiger charge is 2.29. The second kappa shape index (κ2) is 10.0. The standard InChI is InChI=1S/C22H31N3O5S/c1-15-8-9-16(2)20(12-15)25(31(27,28)24(4)5)14-22(26)23-17(3)19-13-18(29-6)10-11-21(19)30-7/h8-13,17H,14H2,1-7H3,(H,23,26)/t17-/m1/s1. The van der Waals surface area contributed by atoms with E-state index in [2.05, 4.69) is 5.32 Å². The highest BCUT2D eigenvalue weighted by molar-refractivity contribution is 7.90. The maximum Gasteiger partial charge on any atom is 0.304 e. The lowest BCUT2D eigenvalue weighted by atomic mass is 10.1. The molecule has 2 aromatic carbocycles. The first-order valence-corrected chi connectivity index (χ1v) is 11.2. The van der Waals surface area contributed by atoms with Crippen LogP contribution in [0, 0.1) is 13.8 Å². The summed E-state index contributed by atoms with van der Waals surface area (Å²) in [5, 5.41) is 2.87. The molecule has 31 heavy (non-hydrogen) atoms. The fourth-order valence-corrected chi connectivity index (χ4v) is 4.27. The molecule has 8 nitrogen and oxygen atoms in total. The molecule has 0 aliphatic rings. The van der Waals surface area contributed by atoms with Crippen molar-refractivity contribution in [2.45, 2.75) is 26.8 Å². The fourth-order valence-electron chi connectivity index (χ4n) is 3.15. The normalized spacial score (nSPS) is 12.4. The van der Waals surface area contributed by atoms with Gasteiger partial charge in [-0.2, -0.15) is 12.7 Å². The van der Waals surface area contributed by atoms with Crippen molar-refractivity contribution < 1.29 is 22.7 Å². The lowest BCUT2D eigenvalue weighted by Gasteiger charge is -2.29. The van der Waals surface area contributed by atoms with E-state index in [-0.39, 0.29) is 6.54 Å². The Labute approximate surface area is 184 Å². The van der Waals surface area contributed by atoms with Crippen molar-refractivity contribution in [2.75, 3.05) is 39.2 Å². The summed E-state index contributed by atoms with van der Waals surface area (Å²) < 4.78 is 38.9. The Morgan fingerprint density at radius 2 is 1.74 bits per heavy atom. The maximum absolute atomic E-state index is 13.0. The Morgan fingerprint density at radius 1 is 1.06 bits per heavy atom. The molecule has 0 fully saturated rings. The Morgan fingerprint density at radius 3 is 2.32 bits per heavy atom. The van der Waals surface area contributed by atoms with E-state index in [0.717, 1.165) is 25.3 Å². The summed E-state index contributed by atoms with van der Waals surface area (Å²) in [4.78, 5) is 12.9. The quantitative estimate of drug-likeness (QED) is 0.636. The molecule has 9 heteroatoms. The first kappa shape index (κ1) is 24.5. The highest BCUT2D eigenvalue weighted by atomic mass is 32.2. The van der Waals surface area contributed by atoms with Gasteiger partial charge in [0.25, 0.3) is 0 Å². The van der Waals surface area contributed by atoms with E-state index in [0.29, 0.717) is 17.2 Å². The van der Waals surface area contributed by atoms with Crippen LogP contribution in [0.1, 0.15) is 29.7 Å². The molecule has 0 saturated heterocycles. The van der Waals surface area contributed by atoms with Crippen LogP contribution in [0.25, 0.3) is 0 Å². The summed E-state index contributed by atoms with van der Waals surface area (Å²) >= 11 is 0. The maximum atomic E-state index is 13.0. The Balaban J connectivity index is 2.34. The SMILES string of the molecule is COc1ccc(OC)c([C@@H](C)NC(=O)CN(c2cc(C)ccc2C)S(=O)(=O)N(C)C)c1. The molecule has 0 aromatic heterocycles. The van der Waals surface area contributed by atoms with Crippen molar-refractivity contribution in [3.05, 3.63) is 53.1 Å². The number of anilines is 1.